The van der Waals surface area contributed by atoms with Crippen molar-refractivity contribution in [1.82, 2.24) is 9.97 Å². The van der Waals surface area contributed by atoms with Crippen LogP contribution in [0.25, 0.3) is 0 Å². The van der Waals surface area contributed by atoms with Crippen LogP contribution in [0.2, 0.25) is 5.02 Å². The molecule has 0 aliphatic rings. The van der Waals surface area contributed by atoms with Crippen LogP contribution in [0.4, 0.5) is 5.69 Å². The van der Waals surface area contributed by atoms with Crippen molar-refractivity contribution in [2.75, 3.05) is 12.4 Å². The molecule has 0 aliphatic heterocycles. The summed E-state index contributed by atoms with van der Waals surface area (Å²) in [6.45, 7) is 0.257. The first kappa shape index (κ1) is 14.1. The zero-order valence-corrected chi connectivity index (χ0v) is 11.4. The molecule has 0 amide bonds. The molecular formula is C13H12ClN3O3. The molecule has 104 valence electrons. The average molecular weight is 294 g/mol. The lowest BCUT2D eigenvalue weighted by molar-refractivity contribution is 0.0694. The number of methoxy groups -OCH3 is 1. The molecule has 1 heterocycles. The van der Waals surface area contributed by atoms with Crippen LogP contribution in [-0.2, 0) is 6.54 Å². The molecule has 20 heavy (non-hydrogen) atoms. The first-order valence-electron chi connectivity index (χ1n) is 5.71. The van der Waals surface area contributed by atoms with E-state index in [0.29, 0.717) is 16.5 Å². The second-order valence-corrected chi connectivity index (χ2v) is 4.30. The van der Waals surface area contributed by atoms with Gasteiger partial charge in [0.05, 0.1) is 24.4 Å². The van der Waals surface area contributed by atoms with Gasteiger partial charge in [0.25, 0.3) is 0 Å². The van der Waals surface area contributed by atoms with E-state index in [2.05, 4.69) is 15.3 Å². The first-order chi connectivity index (χ1) is 9.61. The van der Waals surface area contributed by atoms with Gasteiger partial charge in [-0.2, -0.15) is 0 Å². The number of hydrogen-bond acceptors (Lipinski definition) is 5. The molecule has 2 rings (SSSR count). The van der Waals surface area contributed by atoms with E-state index in [1.807, 2.05) is 0 Å². The minimum atomic E-state index is -1.06. The number of ether oxygens (including phenoxy) is 1. The third-order valence-electron chi connectivity index (χ3n) is 2.64. The highest BCUT2D eigenvalue weighted by Gasteiger charge is 2.11. The minimum Gasteiger partial charge on any atom is -0.495 e. The van der Waals surface area contributed by atoms with Gasteiger partial charge >= 0.3 is 5.97 Å². The number of nitrogens with zero attached hydrogens (tertiary/aromatic N) is 2. The van der Waals surface area contributed by atoms with E-state index in [9.17, 15) is 4.79 Å². The van der Waals surface area contributed by atoms with Gasteiger partial charge in [0.15, 0.2) is 0 Å². The van der Waals surface area contributed by atoms with Crippen molar-refractivity contribution in [3.63, 3.8) is 0 Å². The highest BCUT2D eigenvalue weighted by atomic mass is 35.5. The number of anilines is 1. The Kier molecular flexibility index (Phi) is 4.37. The van der Waals surface area contributed by atoms with Gasteiger partial charge in [0.1, 0.15) is 17.6 Å². The lowest BCUT2D eigenvalue weighted by atomic mass is 10.2. The summed E-state index contributed by atoms with van der Waals surface area (Å²) in [6, 6.07) is 5.21. The molecule has 6 nitrogen and oxygen atoms in total. The van der Waals surface area contributed by atoms with Crippen LogP contribution in [-0.4, -0.2) is 28.2 Å². The van der Waals surface area contributed by atoms with Crippen molar-refractivity contribution in [3.05, 3.63) is 47.0 Å². The number of halogens is 1. The van der Waals surface area contributed by atoms with Crippen LogP contribution >= 0.6 is 11.6 Å². The van der Waals surface area contributed by atoms with Crippen LogP contribution < -0.4 is 10.1 Å². The molecule has 1 aromatic heterocycles. The second kappa shape index (κ2) is 6.21. The number of benzene rings is 1. The topological polar surface area (TPSA) is 84.3 Å². The highest BCUT2D eigenvalue weighted by molar-refractivity contribution is 6.32. The van der Waals surface area contributed by atoms with E-state index in [1.165, 1.54) is 19.6 Å². The van der Waals surface area contributed by atoms with Gasteiger partial charge in [0, 0.05) is 11.9 Å². The van der Waals surface area contributed by atoms with E-state index >= 15 is 0 Å². The second-order valence-electron chi connectivity index (χ2n) is 3.89. The summed E-state index contributed by atoms with van der Waals surface area (Å²) in [6.07, 6.45) is 2.58. The van der Waals surface area contributed by atoms with Gasteiger partial charge in [-0.05, 0) is 18.2 Å². The smallest absolute Gasteiger partial charge is 0.339 e. The summed E-state index contributed by atoms with van der Waals surface area (Å²) in [5, 5.41) is 12.6. The van der Waals surface area contributed by atoms with Gasteiger partial charge in [-0.15, -0.1) is 0 Å². The van der Waals surface area contributed by atoms with Gasteiger partial charge < -0.3 is 15.2 Å². The Labute approximate surface area is 120 Å². The zero-order valence-electron chi connectivity index (χ0n) is 10.6. The molecule has 0 bridgehead atoms. The maximum absolute atomic E-state index is 11.0. The number of carboxylic acids is 1. The van der Waals surface area contributed by atoms with Crippen LogP contribution in [0.5, 0.6) is 5.75 Å². The molecule has 0 saturated heterocycles. The van der Waals surface area contributed by atoms with Crippen LogP contribution in [0.15, 0.2) is 30.7 Å². The first-order valence-corrected chi connectivity index (χ1v) is 6.09. The predicted octanol–water partition coefficient (Wildman–Crippen LogP) is 2.45. The Balaban J connectivity index is 2.13. The van der Waals surface area contributed by atoms with Crippen molar-refractivity contribution in [1.29, 1.82) is 0 Å². The number of carbonyl (C=O) groups is 1. The van der Waals surface area contributed by atoms with Gasteiger partial charge in [0.2, 0.25) is 0 Å². The predicted molar refractivity (Wildman–Crippen MR) is 74.3 cm³/mol. The lowest BCUT2D eigenvalue weighted by Gasteiger charge is -2.09. The fraction of sp³-hybridized carbons (Fsp3) is 0.154. The molecule has 2 aromatic rings. The summed E-state index contributed by atoms with van der Waals surface area (Å²) >= 11 is 6.01. The molecule has 0 aliphatic carbocycles. The summed E-state index contributed by atoms with van der Waals surface area (Å²) in [4.78, 5) is 18.7. The third kappa shape index (κ3) is 3.16. The number of carboxylic acid groups (broad SMARTS) is 1. The van der Waals surface area contributed by atoms with Crippen molar-refractivity contribution >= 4 is 23.3 Å². The summed E-state index contributed by atoms with van der Waals surface area (Å²) in [5.74, 6) is -0.486. The summed E-state index contributed by atoms with van der Waals surface area (Å²) in [7, 11) is 1.54. The van der Waals surface area contributed by atoms with Gasteiger partial charge in [-0.1, -0.05) is 11.6 Å². The van der Waals surface area contributed by atoms with E-state index in [0.717, 1.165) is 5.69 Å². The van der Waals surface area contributed by atoms with Crippen molar-refractivity contribution in [2.45, 2.75) is 6.54 Å². The standard InChI is InChI=1S/C13H12ClN3O3/c1-20-12-3-2-8(4-10(12)14)16-6-11-9(13(18)19)5-15-7-17-11/h2-5,7,16H,6H2,1H3,(H,18,19). The Morgan fingerprint density at radius 3 is 2.95 bits per heavy atom. The largest absolute Gasteiger partial charge is 0.495 e. The number of nitrogens with one attached hydrogen (secondary N) is 1. The van der Waals surface area contributed by atoms with Crippen LogP contribution in [0, 0.1) is 0 Å². The quantitative estimate of drug-likeness (QED) is 0.881. The Hall–Kier alpha value is -2.34. The van der Waals surface area contributed by atoms with Crippen LogP contribution in [0.1, 0.15) is 16.1 Å². The third-order valence-corrected chi connectivity index (χ3v) is 2.93. The lowest BCUT2D eigenvalue weighted by Crippen LogP contribution is -2.10. The molecule has 0 fully saturated rings. The summed E-state index contributed by atoms with van der Waals surface area (Å²) < 4.78 is 5.06. The van der Waals surface area contributed by atoms with E-state index in [-0.39, 0.29) is 12.1 Å². The van der Waals surface area contributed by atoms with E-state index in [4.69, 9.17) is 21.4 Å². The number of rotatable bonds is 5. The SMILES string of the molecule is COc1ccc(NCc2ncncc2C(=O)O)cc1Cl. The fourth-order valence-corrected chi connectivity index (χ4v) is 1.89. The number of hydrogen-bond donors (Lipinski definition) is 2. The zero-order chi connectivity index (χ0) is 14.5. The molecule has 0 spiro atoms. The molecule has 0 unspecified atom stereocenters. The molecular weight excluding hydrogens is 282 g/mol. The minimum absolute atomic E-state index is 0.0691. The molecule has 7 heteroatoms. The molecule has 0 radical (unpaired) electrons. The normalized spacial score (nSPS) is 10.1. The summed E-state index contributed by atoms with van der Waals surface area (Å²) in [5.41, 5.74) is 1.21. The Morgan fingerprint density at radius 2 is 2.30 bits per heavy atom. The number of aromatic nitrogens is 2. The van der Waals surface area contributed by atoms with Crippen molar-refractivity contribution < 1.29 is 14.6 Å². The molecule has 1 aromatic carbocycles. The fourth-order valence-electron chi connectivity index (χ4n) is 1.64. The maximum Gasteiger partial charge on any atom is 0.339 e. The monoisotopic (exact) mass is 293 g/mol. The van der Waals surface area contributed by atoms with Crippen molar-refractivity contribution in [3.8, 4) is 5.75 Å². The average Bonchev–Trinajstić information content (AvgIpc) is 2.45. The van der Waals surface area contributed by atoms with E-state index < -0.39 is 5.97 Å². The maximum atomic E-state index is 11.0. The Bertz CT molecular complexity index is 634. The molecule has 0 saturated carbocycles. The molecule has 2 N–H and O–H groups in total. The number of aromatic carboxylic acids is 1. The van der Waals surface area contributed by atoms with Gasteiger partial charge in [-0.25, -0.2) is 14.8 Å². The Morgan fingerprint density at radius 1 is 1.50 bits per heavy atom. The van der Waals surface area contributed by atoms with E-state index in [1.54, 1.807) is 18.2 Å². The highest BCUT2D eigenvalue weighted by Crippen LogP contribution is 2.27. The van der Waals surface area contributed by atoms with Crippen LogP contribution in [0.3, 0.4) is 0 Å². The van der Waals surface area contributed by atoms with Crippen molar-refractivity contribution in [2.24, 2.45) is 0 Å². The molecule has 0 atom stereocenters. The van der Waals surface area contributed by atoms with Gasteiger partial charge in [-0.3, -0.25) is 0 Å².